The summed E-state index contributed by atoms with van der Waals surface area (Å²) in [6.45, 7) is 0. The van der Waals surface area contributed by atoms with Crippen LogP contribution < -0.4 is 0 Å². The minimum atomic E-state index is -4.53. The third-order valence-electron chi connectivity index (χ3n) is 1.14. The van der Waals surface area contributed by atoms with Crippen LogP contribution >= 0.6 is 11.6 Å². The zero-order valence-corrected chi connectivity index (χ0v) is 6.32. The predicted molar refractivity (Wildman–Crippen MR) is 35.9 cm³/mol. The lowest BCUT2D eigenvalue weighted by Crippen LogP contribution is -2.06. The standard InChI is InChI=1S/C6H3ClF3NO/c7-5-3(6(8,9)10)1-2-4(12)11-5/h1-2H,(H,11,12). The van der Waals surface area contributed by atoms with Crippen LogP contribution in [0.15, 0.2) is 12.1 Å². The molecular weight excluding hydrogens is 195 g/mol. The number of halogens is 4. The Morgan fingerprint density at radius 2 is 1.92 bits per heavy atom. The molecule has 12 heavy (non-hydrogen) atoms. The van der Waals surface area contributed by atoms with Crippen molar-refractivity contribution in [3.8, 4) is 5.88 Å². The van der Waals surface area contributed by atoms with Crippen LogP contribution in [0.25, 0.3) is 0 Å². The summed E-state index contributed by atoms with van der Waals surface area (Å²) in [5, 5.41) is 7.89. The predicted octanol–water partition coefficient (Wildman–Crippen LogP) is 2.46. The molecule has 0 spiro atoms. The Labute approximate surface area is 70.6 Å². The molecule has 0 atom stereocenters. The molecule has 0 bridgehead atoms. The summed E-state index contributed by atoms with van der Waals surface area (Å²) < 4.78 is 35.9. The van der Waals surface area contributed by atoms with Gasteiger partial charge >= 0.3 is 6.18 Å². The zero-order chi connectivity index (χ0) is 9.35. The summed E-state index contributed by atoms with van der Waals surface area (Å²) in [4.78, 5) is 3.04. The zero-order valence-electron chi connectivity index (χ0n) is 5.56. The van der Waals surface area contributed by atoms with Gasteiger partial charge in [-0.15, -0.1) is 0 Å². The van der Waals surface area contributed by atoms with Gasteiger partial charge in [-0.2, -0.15) is 13.2 Å². The van der Waals surface area contributed by atoms with Crippen molar-refractivity contribution < 1.29 is 18.3 Å². The van der Waals surface area contributed by atoms with Crippen LogP contribution in [0.1, 0.15) is 5.56 Å². The second-order valence-corrected chi connectivity index (χ2v) is 2.36. The number of hydrogen-bond acceptors (Lipinski definition) is 2. The van der Waals surface area contributed by atoms with Crippen LogP contribution in [0.4, 0.5) is 13.2 Å². The quantitative estimate of drug-likeness (QED) is 0.648. The summed E-state index contributed by atoms with van der Waals surface area (Å²) in [6.07, 6.45) is -4.53. The molecule has 0 aromatic carbocycles. The summed E-state index contributed by atoms with van der Waals surface area (Å²) in [5.41, 5.74) is -1.05. The summed E-state index contributed by atoms with van der Waals surface area (Å²) >= 11 is 5.12. The van der Waals surface area contributed by atoms with Crippen molar-refractivity contribution in [2.75, 3.05) is 0 Å². The summed E-state index contributed by atoms with van der Waals surface area (Å²) in [6, 6.07) is 1.50. The first kappa shape index (κ1) is 9.12. The number of nitrogens with zero attached hydrogens (tertiary/aromatic N) is 1. The van der Waals surface area contributed by atoms with E-state index in [0.29, 0.717) is 6.07 Å². The lowest BCUT2D eigenvalue weighted by Gasteiger charge is -2.06. The fourth-order valence-corrected chi connectivity index (χ4v) is 0.893. The van der Waals surface area contributed by atoms with E-state index in [1.54, 1.807) is 0 Å². The van der Waals surface area contributed by atoms with Gasteiger partial charge in [0.25, 0.3) is 0 Å². The van der Waals surface area contributed by atoms with Gasteiger partial charge < -0.3 is 5.11 Å². The molecule has 0 radical (unpaired) electrons. The first-order valence-electron chi connectivity index (χ1n) is 2.84. The maximum Gasteiger partial charge on any atom is 0.419 e. The summed E-state index contributed by atoms with van der Waals surface area (Å²) in [5.74, 6) is -0.534. The fourth-order valence-electron chi connectivity index (χ4n) is 0.636. The van der Waals surface area contributed by atoms with E-state index < -0.39 is 22.8 Å². The smallest absolute Gasteiger partial charge is 0.419 e. The number of aromatic hydroxyl groups is 1. The molecule has 66 valence electrons. The summed E-state index contributed by atoms with van der Waals surface area (Å²) in [7, 11) is 0. The Kier molecular flexibility index (Phi) is 2.14. The Bertz CT molecular complexity index is 299. The van der Waals surface area contributed by atoms with Crippen LogP contribution in [0, 0.1) is 0 Å². The number of hydrogen-bond donors (Lipinski definition) is 1. The molecule has 1 heterocycles. The van der Waals surface area contributed by atoms with Crippen LogP contribution in [0.3, 0.4) is 0 Å². The topological polar surface area (TPSA) is 33.1 Å². The van der Waals surface area contributed by atoms with Crippen LogP contribution in [-0.2, 0) is 6.18 Å². The van der Waals surface area contributed by atoms with E-state index in [1.165, 1.54) is 0 Å². The van der Waals surface area contributed by atoms with Crippen LogP contribution in [-0.4, -0.2) is 10.1 Å². The molecule has 1 rings (SSSR count). The average molecular weight is 198 g/mol. The highest BCUT2D eigenvalue weighted by Crippen LogP contribution is 2.34. The van der Waals surface area contributed by atoms with E-state index in [4.69, 9.17) is 16.7 Å². The molecule has 0 aliphatic carbocycles. The lowest BCUT2D eigenvalue weighted by molar-refractivity contribution is -0.137. The molecule has 0 aliphatic heterocycles. The lowest BCUT2D eigenvalue weighted by atomic mass is 10.3. The first-order valence-corrected chi connectivity index (χ1v) is 3.22. The fraction of sp³-hybridized carbons (Fsp3) is 0.167. The molecule has 1 N–H and O–H groups in total. The number of aromatic nitrogens is 1. The monoisotopic (exact) mass is 197 g/mol. The molecule has 0 saturated heterocycles. The highest BCUT2D eigenvalue weighted by molar-refractivity contribution is 6.30. The maximum absolute atomic E-state index is 12.0. The average Bonchev–Trinajstić information content (AvgIpc) is 1.83. The Morgan fingerprint density at radius 3 is 2.33 bits per heavy atom. The maximum atomic E-state index is 12.0. The molecule has 1 aromatic rings. The van der Waals surface area contributed by atoms with Gasteiger partial charge in [-0.1, -0.05) is 11.6 Å². The van der Waals surface area contributed by atoms with Crippen molar-refractivity contribution in [3.05, 3.63) is 22.8 Å². The molecular formula is C6H3ClF3NO. The van der Waals surface area contributed by atoms with E-state index in [9.17, 15) is 13.2 Å². The van der Waals surface area contributed by atoms with E-state index in [1.807, 2.05) is 0 Å². The minimum absolute atomic E-state index is 0.534. The second kappa shape index (κ2) is 2.82. The number of pyridine rings is 1. The molecule has 2 nitrogen and oxygen atoms in total. The highest BCUT2D eigenvalue weighted by atomic mass is 35.5. The molecule has 0 aliphatic rings. The van der Waals surface area contributed by atoms with Crippen molar-refractivity contribution in [1.29, 1.82) is 0 Å². The molecule has 0 saturated carbocycles. The van der Waals surface area contributed by atoms with Gasteiger partial charge in [-0.05, 0) is 6.07 Å². The van der Waals surface area contributed by atoms with Gasteiger partial charge in [0.05, 0.1) is 5.56 Å². The van der Waals surface area contributed by atoms with Gasteiger partial charge in [-0.3, -0.25) is 0 Å². The van der Waals surface area contributed by atoms with Crippen molar-refractivity contribution >= 4 is 11.6 Å². The Morgan fingerprint density at radius 1 is 1.33 bits per heavy atom. The van der Waals surface area contributed by atoms with Crippen LogP contribution in [0.2, 0.25) is 5.15 Å². The molecule has 0 fully saturated rings. The molecule has 6 heteroatoms. The highest BCUT2D eigenvalue weighted by Gasteiger charge is 2.33. The third kappa shape index (κ3) is 1.79. The van der Waals surface area contributed by atoms with E-state index >= 15 is 0 Å². The van der Waals surface area contributed by atoms with Gasteiger partial charge in [0.2, 0.25) is 5.88 Å². The van der Waals surface area contributed by atoms with E-state index in [2.05, 4.69) is 4.98 Å². The normalized spacial score (nSPS) is 11.7. The van der Waals surface area contributed by atoms with Crippen molar-refractivity contribution in [3.63, 3.8) is 0 Å². The molecule has 0 amide bonds. The van der Waals surface area contributed by atoms with Gasteiger partial charge in [-0.25, -0.2) is 4.98 Å². The second-order valence-electron chi connectivity index (χ2n) is 2.01. The Balaban J connectivity index is 3.19. The van der Waals surface area contributed by atoms with E-state index in [0.717, 1.165) is 6.07 Å². The van der Waals surface area contributed by atoms with E-state index in [-0.39, 0.29) is 0 Å². The van der Waals surface area contributed by atoms with Crippen LogP contribution in [0.5, 0.6) is 5.88 Å². The molecule has 1 aromatic heterocycles. The van der Waals surface area contributed by atoms with Crippen molar-refractivity contribution in [2.45, 2.75) is 6.18 Å². The third-order valence-corrected chi connectivity index (χ3v) is 1.43. The van der Waals surface area contributed by atoms with Crippen molar-refractivity contribution in [1.82, 2.24) is 4.98 Å². The van der Waals surface area contributed by atoms with Crippen molar-refractivity contribution in [2.24, 2.45) is 0 Å². The van der Waals surface area contributed by atoms with Gasteiger partial charge in [0.15, 0.2) is 0 Å². The SMILES string of the molecule is Oc1ccc(C(F)(F)F)c(Cl)n1. The largest absolute Gasteiger partial charge is 0.493 e. The number of rotatable bonds is 0. The minimum Gasteiger partial charge on any atom is -0.493 e. The first-order chi connectivity index (χ1) is 5.41. The number of alkyl halides is 3. The van der Waals surface area contributed by atoms with Gasteiger partial charge in [0, 0.05) is 6.07 Å². The molecule has 0 unspecified atom stereocenters. The Hall–Kier alpha value is -0.970. The van der Waals surface area contributed by atoms with Gasteiger partial charge in [0.1, 0.15) is 5.15 Å².